The second kappa shape index (κ2) is 6.43. The highest BCUT2D eigenvalue weighted by Crippen LogP contribution is 2.29. The van der Waals surface area contributed by atoms with Crippen LogP contribution in [0, 0.1) is 6.92 Å². The largest absolute Gasteiger partial charge is 0.492 e. The van der Waals surface area contributed by atoms with Crippen LogP contribution in [0.3, 0.4) is 0 Å². The molecule has 1 N–H and O–H groups in total. The molecule has 2 aromatic rings. The van der Waals surface area contributed by atoms with Crippen LogP contribution < -0.4 is 15.0 Å². The van der Waals surface area contributed by atoms with Crippen molar-refractivity contribution in [2.24, 2.45) is 7.05 Å². The van der Waals surface area contributed by atoms with Crippen LogP contribution in [0.15, 0.2) is 24.3 Å². The fourth-order valence-electron chi connectivity index (χ4n) is 3.85. The minimum absolute atomic E-state index is 0.0354. The molecular weight excluding hydrogens is 316 g/mol. The number of amides is 1. The summed E-state index contributed by atoms with van der Waals surface area (Å²) in [6.45, 7) is 4.47. The van der Waals surface area contributed by atoms with Crippen LogP contribution in [0.5, 0.6) is 5.75 Å². The van der Waals surface area contributed by atoms with Gasteiger partial charge in [0.1, 0.15) is 11.6 Å². The Bertz CT molecular complexity index is 799. The number of hydrogen-bond acceptors (Lipinski definition) is 4. The number of anilines is 1. The first-order valence-corrected chi connectivity index (χ1v) is 8.93. The molecule has 1 unspecified atom stereocenters. The molecule has 2 aliphatic rings. The molecule has 1 aromatic carbocycles. The van der Waals surface area contributed by atoms with Crippen molar-refractivity contribution < 1.29 is 9.53 Å². The van der Waals surface area contributed by atoms with Gasteiger partial charge in [0.15, 0.2) is 0 Å². The highest BCUT2D eigenvalue weighted by Gasteiger charge is 2.26. The molecule has 0 aliphatic carbocycles. The van der Waals surface area contributed by atoms with Gasteiger partial charge in [-0.05, 0) is 31.4 Å². The Hall–Kier alpha value is -2.50. The first-order valence-electron chi connectivity index (χ1n) is 8.93. The standard InChI is InChI=1S/C19H24N4O2/c1-13-11-17(22(2)21-13)23-9-4-6-15(12-23)20-19(24)16-7-3-5-14-8-10-25-18(14)16/h3,5,7,11,15H,4,6,8-10,12H2,1-2H3,(H,20,24). The van der Waals surface area contributed by atoms with Crippen molar-refractivity contribution in [3.05, 3.63) is 41.1 Å². The van der Waals surface area contributed by atoms with Crippen LogP contribution in [-0.2, 0) is 13.5 Å². The lowest BCUT2D eigenvalue weighted by Crippen LogP contribution is -2.48. The Morgan fingerprint density at radius 1 is 1.40 bits per heavy atom. The highest BCUT2D eigenvalue weighted by atomic mass is 16.5. The Morgan fingerprint density at radius 3 is 3.08 bits per heavy atom. The van der Waals surface area contributed by atoms with Gasteiger partial charge in [0.25, 0.3) is 5.91 Å². The van der Waals surface area contributed by atoms with E-state index in [1.165, 1.54) is 0 Å². The Kier molecular flexibility index (Phi) is 4.11. The van der Waals surface area contributed by atoms with Gasteiger partial charge in [-0.3, -0.25) is 9.48 Å². The van der Waals surface area contributed by atoms with Gasteiger partial charge in [-0.2, -0.15) is 5.10 Å². The number of aryl methyl sites for hydroxylation is 2. The number of fused-ring (bicyclic) bond motifs is 1. The van der Waals surface area contributed by atoms with Gasteiger partial charge in [0.05, 0.1) is 17.9 Å². The molecule has 3 heterocycles. The van der Waals surface area contributed by atoms with E-state index in [0.717, 1.165) is 55.2 Å². The average Bonchev–Trinajstić information content (AvgIpc) is 3.20. The number of ether oxygens (including phenoxy) is 1. The average molecular weight is 340 g/mol. The van der Waals surface area contributed by atoms with Crippen molar-refractivity contribution in [3.63, 3.8) is 0 Å². The van der Waals surface area contributed by atoms with E-state index >= 15 is 0 Å². The van der Waals surface area contributed by atoms with Crippen molar-refractivity contribution in [2.75, 3.05) is 24.6 Å². The molecule has 6 heteroatoms. The van der Waals surface area contributed by atoms with Crippen molar-refractivity contribution in [1.82, 2.24) is 15.1 Å². The fourth-order valence-corrected chi connectivity index (χ4v) is 3.85. The SMILES string of the molecule is Cc1cc(N2CCCC(NC(=O)c3cccc4c3OCC4)C2)n(C)n1. The van der Waals surface area contributed by atoms with Gasteiger partial charge < -0.3 is 15.0 Å². The Labute approximate surface area is 147 Å². The van der Waals surface area contributed by atoms with Crippen molar-refractivity contribution >= 4 is 11.7 Å². The molecule has 1 saturated heterocycles. The zero-order chi connectivity index (χ0) is 17.4. The normalized spacial score (nSPS) is 19.4. The number of benzene rings is 1. The number of hydrogen-bond donors (Lipinski definition) is 1. The van der Waals surface area contributed by atoms with Crippen LogP contribution in [0.25, 0.3) is 0 Å². The maximum Gasteiger partial charge on any atom is 0.255 e. The summed E-state index contributed by atoms with van der Waals surface area (Å²) in [6, 6.07) is 8.06. The molecule has 6 nitrogen and oxygen atoms in total. The van der Waals surface area contributed by atoms with Gasteiger partial charge in [0.2, 0.25) is 0 Å². The molecule has 1 fully saturated rings. The van der Waals surface area contributed by atoms with Gasteiger partial charge in [-0.25, -0.2) is 0 Å². The highest BCUT2D eigenvalue weighted by molar-refractivity contribution is 5.97. The summed E-state index contributed by atoms with van der Waals surface area (Å²) in [7, 11) is 1.97. The summed E-state index contributed by atoms with van der Waals surface area (Å²) >= 11 is 0. The molecule has 2 aliphatic heterocycles. The summed E-state index contributed by atoms with van der Waals surface area (Å²) in [6.07, 6.45) is 2.93. The molecule has 1 aromatic heterocycles. The van der Waals surface area contributed by atoms with E-state index in [9.17, 15) is 4.79 Å². The third kappa shape index (κ3) is 3.08. The van der Waals surface area contributed by atoms with Crippen LogP contribution in [0.2, 0.25) is 0 Å². The number of carbonyl (C=O) groups excluding carboxylic acids is 1. The second-order valence-electron chi connectivity index (χ2n) is 6.92. The molecule has 0 spiro atoms. The third-order valence-electron chi connectivity index (χ3n) is 5.02. The number of nitrogens with zero attached hydrogens (tertiary/aromatic N) is 3. The lowest BCUT2D eigenvalue weighted by Gasteiger charge is -2.34. The summed E-state index contributed by atoms with van der Waals surface area (Å²) in [5.74, 6) is 1.84. The summed E-state index contributed by atoms with van der Waals surface area (Å²) in [4.78, 5) is 15.1. The van der Waals surface area contributed by atoms with Crippen LogP contribution in [0.4, 0.5) is 5.82 Å². The second-order valence-corrected chi connectivity index (χ2v) is 6.92. The fraction of sp³-hybridized carbons (Fsp3) is 0.474. The molecule has 4 rings (SSSR count). The molecule has 132 valence electrons. The first-order chi connectivity index (χ1) is 12.1. The van der Waals surface area contributed by atoms with Crippen LogP contribution in [0.1, 0.15) is 34.5 Å². The number of carbonyl (C=O) groups is 1. The smallest absolute Gasteiger partial charge is 0.255 e. The van der Waals surface area contributed by atoms with E-state index in [4.69, 9.17) is 4.74 Å². The predicted molar refractivity (Wildman–Crippen MR) is 96.3 cm³/mol. The van der Waals surface area contributed by atoms with Crippen molar-refractivity contribution in [3.8, 4) is 5.75 Å². The molecule has 0 bridgehead atoms. The quantitative estimate of drug-likeness (QED) is 0.929. The summed E-state index contributed by atoms with van der Waals surface area (Å²) < 4.78 is 7.58. The predicted octanol–water partition coefficient (Wildman–Crippen LogP) is 2.06. The maximum absolute atomic E-state index is 12.8. The number of rotatable bonds is 3. The third-order valence-corrected chi connectivity index (χ3v) is 5.02. The lowest BCUT2D eigenvalue weighted by atomic mass is 10.0. The van der Waals surface area contributed by atoms with Gasteiger partial charge in [0, 0.05) is 38.7 Å². The topological polar surface area (TPSA) is 59.4 Å². The Morgan fingerprint density at radius 2 is 2.28 bits per heavy atom. The number of para-hydroxylation sites is 1. The van der Waals surface area contributed by atoms with Gasteiger partial charge in [-0.1, -0.05) is 12.1 Å². The van der Waals surface area contributed by atoms with E-state index < -0.39 is 0 Å². The maximum atomic E-state index is 12.8. The molecule has 0 saturated carbocycles. The van der Waals surface area contributed by atoms with E-state index in [1.807, 2.05) is 36.9 Å². The molecule has 1 atom stereocenters. The van der Waals surface area contributed by atoms with E-state index in [-0.39, 0.29) is 11.9 Å². The van der Waals surface area contributed by atoms with Gasteiger partial charge >= 0.3 is 0 Å². The number of piperidine rings is 1. The van der Waals surface area contributed by atoms with E-state index in [0.29, 0.717) is 12.2 Å². The monoisotopic (exact) mass is 340 g/mol. The van der Waals surface area contributed by atoms with Gasteiger partial charge in [-0.15, -0.1) is 0 Å². The summed E-state index contributed by atoms with van der Waals surface area (Å²) in [5.41, 5.74) is 2.80. The zero-order valence-electron chi connectivity index (χ0n) is 14.8. The first kappa shape index (κ1) is 16.0. The minimum Gasteiger partial charge on any atom is -0.492 e. The molecule has 25 heavy (non-hydrogen) atoms. The zero-order valence-corrected chi connectivity index (χ0v) is 14.8. The summed E-state index contributed by atoms with van der Waals surface area (Å²) in [5, 5.41) is 7.63. The van der Waals surface area contributed by atoms with Crippen LogP contribution in [-0.4, -0.2) is 41.4 Å². The van der Waals surface area contributed by atoms with E-state index in [2.05, 4.69) is 21.4 Å². The van der Waals surface area contributed by atoms with Crippen molar-refractivity contribution in [1.29, 1.82) is 0 Å². The Balaban J connectivity index is 1.47. The van der Waals surface area contributed by atoms with E-state index in [1.54, 1.807) is 0 Å². The molecular formula is C19H24N4O2. The molecule has 0 radical (unpaired) electrons. The number of nitrogens with one attached hydrogen (secondary N) is 1. The van der Waals surface area contributed by atoms with Crippen molar-refractivity contribution in [2.45, 2.75) is 32.2 Å². The lowest BCUT2D eigenvalue weighted by molar-refractivity contribution is 0.0930. The molecule has 1 amide bonds. The number of aromatic nitrogens is 2. The van der Waals surface area contributed by atoms with Crippen LogP contribution >= 0.6 is 0 Å². The minimum atomic E-state index is -0.0354.